The first-order chi connectivity index (χ1) is 6.59. The molecule has 1 aromatic heterocycles. The van der Waals surface area contributed by atoms with E-state index in [1.54, 1.807) is 0 Å². The lowest BCUT2D eigenvalue weighted by Gasteiger charge is -2.09. The molecule has 0 aliphatic heterocycles. The summed E-state index contributed by atoms with van der Waals surface area (Å²) in [7, 11) is 0. The Balaban J connectivity index is 2.79. The molecule has 0 unspecified atom stereocenters. The number of benzene rings is 1. The number of aryl methyl sites for hydroxylation is 1. The van der Waals surface area contributed by atoms with Crippen LogP contribution in [0.3, 0.4) is 0 Å². The lowest BCUT2D eigenvalue weighted by atomic mass is 10.1. The summed E-state index contributed by atoms with van der Waals surface area (Å²) in [5.74, 6) is 0. The quantitative estimate of drug-likeness (QED) is 0.757. The topological polar surface area (TPSA) is 17.8 Å². The highest BCUT2D eigenvalue weighted by molar-refractivity contribution is 9.10. The van der Waals surface area contributed by atoms with Crippen molar-refractivity contribution in [3.05, 3.63) is 28.4 Å². The summed E-state index contributed by atoms with van der Waals surface area (Å²) in [4.78, 5) is 0. The van der Waals surface area contributed by atoms with Crippen LogP contribution in [0.5, 0.6) is 0 Å². The molecule has 0 radical (unpaired) electrons. The van der Waals surface area contributed by atoms with Crippen LogP contribution in [0.4, 0.5) is 0 Å². The van der Waals surface area contributed by atoms with Crippen LogP contribution < -0.4 is 0 Å². The lowest BCUT2D eigenvalue weighted by Crippen LogP contribution is -2.02. The first-order valence-electron chi connectivity index (χ1n) is 4.73. The highest BCUT2D eigenvalue weighted by Crippen LogP contribution is 2.25. The minimum atomic E-state index is 0.410. The lowest BCUT2D eigenvalue weighted by molar-refractivity contribution is 0.550. The van der Waals surface area contributed by atoms with Crippen LogP contribution in [0.2, 0.25) is 0 Å². The van der Waals surface area contributed by atoms with Crippen molar-refractivity contribution in [1.82, 2.24) is 9.78 Å². The fourth-order valence-electron chi connectivity index (χ4n) is 1.75. The summed E-state index contributed by atoms with van der Waals surface area (Å²) in [6, 6.07) is 4.64. The van der Waals surface area contributed by atoms with E-state index in [0.717, 1.165) is 4.47 Å². The molecule has 14 heavy (non-hydrogen) atoms. The predicted octanol–water partition coefficient (Wildman–Crippen LogP) is 3.69. The van der Waals surface area contributed by atoms with Crippen LogP contribution in [0, 0.1) is 6.92 Å². The molecule has 2 nitrogen and oxygen atoms in total. The monoisotopic (exact) mass is 252 g/mol. The van der Waals surface area contributed by atoms with Crippen LogP contribution in [0.25, 0.3) is 10.9 Å². The van der Waals surface area contributed by atoms with Crippen LogP contribution in [0.1, 0.15) is 25.5 Å². The van der Waals surface area contributed by atoms with Crippen molar-refractivity contribution >= 4 is 26.8 Å². The van der Waals surface area contributed by atoms with Gasteiger partial charge in [0.25, 0.3) is 0 Å². The highest BCUT2D eigenvalue weighted by Gasteiger charge is 2.08. The molecule has 0 aliphatic carbocycles. The van der Waals surface area contributed by atoms with E-state index in [1.807, 2.05) is 6.20 Å². The smallest absolute Gasteiger partial charge is 0.0715 e. The second-order valence-electron chi connectivity index (χ2n) is 3.84. The molecule has 2 rings (SSSR count). The van der Waals surface area contributed by atoms with Crippen molar-refractivity contribution in [2.45, 2.75) is 26.8 Å². The largest absolute Gasteiger partial charge is 0.262 e. The van der Waals surface area contributed by atoms with Gasteiger partial charge in [-0.2, -0.15) is 5.10 Å². The third kappa shape index (κ3) is 1.46. The Morgan fingerprint density at radius 1 is 1.36 bits per heavy atom. The van der Waals surface area contributed by atoms with Crippen LogP contribution in [0.15, 0.2) is 22.8 Å². The maximum Gasteiger partial charge on any atom is 0.0715 e. The average molecular weight is 253 g/mol. The van der Waals surface area contributed by atoms with Gasteiger partial charge in [0.1, 0.15) is 0 Å². The number of hydrogen-bond acceptors (Lipinski definition) is 1. The van der Waals surface area contributed by atoms with Gasteiger partial charge in [-0.15, -0.1) is 0 Å². The third-order valence-electron chi connectivity index (χ3n) is 2.33. The van der Waals surface area contributed by atoms with Gasteiger partial charge < -0.3 is 0 Å². The molecule has 0 saturated heterocycles. The van der Waals surface area contributed by atoms with Gasteiger partial charge in [0.15, 0.2) is 0 Å². The van der Waals surface area contributed by atoms with E-state index in [1.165, 1.54) is 16.5 Å². The van der Waals surface area contributed by atoms with Crippen molar-refractivity contribution in [2.24, 2.45) is 0 Å². The molecule has 1 aromatic carbocycles. The van der Waals surface area contributed by atoms with E-state index in [9.17, 15) is 0 Å². The molecule has 1 heterocycles. The number of halogens is 1. The maximum atomic E-state index is 4.39. The molecular formula is C11H13BrN2. The number of nitrogens with zero attached hydrogens (tertiary/aromatic N) is 2. The third-order valence-corrected chi connectivity index (χ3v) is 2.79. The fourth-order valence-corrected chi connectivity index (χ4v) is 2.34. The molecule has 2 aromatic rings. The van der Waals surface area contributed by atoms with Crippen molar-refractivity contribution in [2.75, 3.05) is 0 Å². The number of hydrogen-bond donors (Lipinski definition) is 0. The second-order valence-corrected chi connectivity index (χ2v) is 4.76. The van der Waals surface area contributed by atoms with E-state index in [-0.39, 0.29) is 0 Å². The van der Waals surface area contributed by atoms with Crippen LogP contribution in [-0.2, 0) is 0 Å². The number of aromatic nitrogens is 2. The summed E-state index contributed by atoms with van der Waals surface area (Å²) in [6.45, 7) is 6.41. The summed E-state index contributed by atoms with van der Waals surface area (Å²) < 4.78 is 3.18. The Morgan fingerprint density at radius 3 is 2.71 bits per heavy atom. The average Bonchev–Trinajstić information content (AvgIpc) is 2.47. The summed E-state index contributed by atoms with van der Waals surface area (Å²) in [5.41, 5.74) is 2.50. The Morgan fingerprint density at radius 2 is 2.07 bits per heavy atom. The summed E-state index contributed by atoms with van der Waals surface area (Å²) in [6.07, 6.45) is 1.92. The Bertz CT molecular complexity index is 471. The Labute approximate surface area is 92.0 Å². The molecule has 0 aliphatic rings. The van der Waals surface area contributed by atoms with Crippen molar-refractivity contribution in [3.63, 3.8) is 0 Å². The molecule has 0 saturated carbocycles. The van der Waals surface area contributed by atoms with Gasteiger partial charge in [-0.1, -0.05) is 15.9 Å². The molecule has 0 N–H and O–H groups in total. The SMILES string of the molecule is Cc1cc(Br)cc2cnn(C(C)C)c12. The normalized spacial score (nSPS) is 11.5. The molecule has 74 valence electrons. The van der Waals surface area contributed by atoms with E-state index >= 15 is 0 Å². The van der Waals surface area contributed by atoms with Gasteiger partial charge in [-0.3, -0.25) is 4.68 Å². The van der Waals surface area contributed by atoms with Gasteiger partial charge in [0.05, 0.1) is 11.7 Å². The summed E-state index contributed by atoms with van der Waals surface area (Å²) >= 11 is 3.49. The highest BCUT2D eigenvalue weighted by atomic mass is 79.9. The first kappa shape index (κ1) is 9.71. The molecule has 0 amide bonds. The number of fused-ring (bicyclic) bond motifs is 1. The molecule has 0 spiro atoms. The fraction of sp³-hybridized carbons (Fsp3) is 0.364. The van der Waals surface area contributed by atoms with Gasteiger partial charge in [0.2, 0.25) is 0 Å². The van der Waals surface area contributed by atoms with Crippen LogP contribution >= 0.6 is 15.9 Å². The van der Waals surface area contributed by atoms with Crippen molar-refractivity contribution in [1.29, 1.82) is 0 Å². The minimum Gasteiger partial charge on any atom is -0.262 e. The second kappa shape index (κ2) is 3.39. The van der Waals surface area contributed by atoms with Crippen LogP contribution in [-0.4, -0.2) is 9.78 Å². The van der Waals surface area contributed by atoms with E-state index < -0.39 is 0 Å². The van der Waals surface area contributed by atoms with E-state index in [2.05, 4.69) is 58.6 Å². The molecule has 0 atom stereocenters. The maximum absolute atomic E-state index is 4.39. The molecule has 0 bridgehead atoms. The zero-order chi connectivity index (χ0) is 10.3. The van der Waals surface area contributed by atoms with Crippen molar-refractivity contribution < 1.29 is 0 Å². The van der Waals surface area contributed by atoms with Gasteiger partial charge in [-0.05, 0) is 38.5 Å². The Kier molecular flexibility index (Phi) is 2.35. The van der Waals surface area contributed by atoms with E-state index in [0.29, 0.717) is 6.04 Å². The molecule has 3 heteroatoms. The Hall–Kier alpha value is -0.830. The van der Waals surface area contributed by atoms with Gasteiger partial charge in [0, 0.05) is 15.9 Å². The number of rotatable bonds is 1. The molecular weight excluding hydrogens is 240 g/mol. The first-order valence-corrected chi connectivity index (χ1v) is 5.52. The zero-order valence-electron chi connectivity index (χ0n) is 8.58. The van der Waals surface area contributed by atoms with Gasteiger partial charge >= 0.3 is 0 Å². The van der Waals surface area contributed by atoms with Crippen molar-refractivity contribution in [3.8, 4) is 0 Å². The zero-order valence-corrected chi connectivity index (χ0v) is 10.2. The summed E-state index contributed by atoms with van der Waals surface area (Å²) in [5, 5.41) is 5.59. The predicted molar refractivity (Wildman–Crippen MR) is 62.6 cm³/mol. The standard InChI is InChI=1S/C11H13BrN2/c1-7(2)14-11-8(3)4-10(12)5-9(11)6-13-14/h4-7H,1-3H3. The molecule has 0 fully saturated rings. The minimum absolute atomic E-state index is 0.410. The van der Waals surface area contributed by atoms with Gasteiger partial charge in [-0.25, -0.2) is 0 Å². The van der Waals surface area contributed by atoms with E-state index in [4.69, 9.17) is 0 Å².